The molecule has 0 bridgehead atoms. The zero-order valence-corrected chi connectivity index (χ0v) is 14.6. The average molecular weight is 389 g/mol. The van der Waals surface area contributed by atoms with Gasteiger partial charge in [-0.2, -0.15) is 13.9 Å². The maximum atomic E-state index is 14.2. The number of carbonyl (C=O) groups is 1. The van der Waals surface area contributed by atoms with Crippen LogP contribution in [0.1, 0.15) is 15.9 Å². The second kappa shape index (κ2) is 8.38. The minimum atomic E-state index is -3.01. The van der Waals surface area contributed by atoms with Crippen LogP contribution in [0.25, 0.3) is 11.8 Å². The predicted octanol–water partition coefficient (Wildman–Crippen LogP) is 3.91. The summed E-state index contributed by atoms with van der Waals surface area (Å²) in [5.74, 6) is -1.12. The van der Waals surface area contributed by atoms with Crippen LogP contribution in [0.3, 0.4) is 0 Å². The van der Waals surface area contributed by atoms with Crippen LogP contribution in [-0.2, 0) is 0 Å². The zero-order chi connectivity index (χ0) is 20.1. The molecule has 0 aliphatic carbocycles. The number of ketones is 1. The van der Waals surface area contributed by atoms with E-state index in [0.717, 1.165) is 0 Å². The molecule has 0 amide bonds. The van der Waals surface area contributed by atoms with Gasteiger partial charge in [0.2, 0.25) is 0 Å². The number of aromatic nitrogens is 3. The lowest BCUT2D eigenvalue weighted by Gasteiger charge is -2.10. The van der Waals surface area contributed by atoms with Crippen molar-refractivity contribution in [1.82, 2.24) is 14.8 Å². The molecule has 2 aromatic carbocycles. The minimum absolute atomic E-state index is 0.00257. The monoisotopic (exact) mass is 389 g/mol. The van der Waals surface area contributed by atoms with Gasteiger partial charge in [0.05, 0.1) is 7.11 Å². The molecular formula is C19H14F3N3O3. The van der Waals surface area contributed by atoms with Gasteiger partial charge in [0, 0.05) is 5.56 Å². The zero-order valence-electron chi connectivity index (χ0n) is 14.6. The van der Waals surface area contributed by atoms with Crippen LogP contribution in [0.5, 0.6) is 11.5 Å². The van der Waals surface area contributed by atoms with Crippen molar-refractivity contribution in [3.63, 3.8) is 0 Å². The van der Waals surface area contributed by atoms with Gasteiger partial charge in [0.25, 0.3) is 0 Å². The summed E-state index contributed by atoms with van der Waals surface area (Å²) in [5.41, 5.74) is 0.883. The number of allylic oxidation sites excluding steroid dienone is 1. The van der Waals surface area contributed by atoms with Crippen molar-refractivity contribution in [1.29, 1.82) is 0 Å². The van der Waals surface area contributed by atoms with Gasteiger partial charge in [0.15, 0.2) is 17.3 Å². The fourth-order valence-electron chi connectivity index (χ4n) is 2.43. The Morgan fingerprint density at radius 3 is 2.64 bits per heavy atom. The van der Waals surface area contributed by atoms with Gasteiger partial charge < -0.3 is 9.47 Å². The standard InChI is InChI=1S/C19H14F3N3O3/c1-27-18-9-13(4-7-17(18)28-19(21)22)16(26)6-3-12-2-5-15(14(20)8-12)25-11-23-10-24-25/h2-11,19H,1H3/b6-3+. The molecular weight excluding hydrogens is 375 g/mol. The quantitative estimate of drug-likeness (QED) is 0.453. The molecule has 6 nitrogen and oxygen atoms in total. The molecule has 0 unspecified atom stereocenters. The number of halogens is 3. The summed E-state index contributed by atoms with van der Waals surface area (Å²) in [6, 6.07) is 8.22. The fraction of sp³-hybridized carbons (Fsp3) is 0.105. The third-order valence-corrected chi connectivity index (χ3v) is 3.73. The SMILES string of the molecule is COc1cc(C(=O)/C=C/c2ccc(-n3cncn3)c(F)c2)ccc1OC(F)F. The van der Waals surface area contributed by atoms with Gasteiger partial charge >= 0.3 is 6.61 Å². The molecule has 0 saturated heterocycles. The number of carbonyl (C=O) groups excluding carboxylic acids is 1. The summed E-state index contributed by atoms with van der Waals surface area (Å²) in [7, 11) is 1.28. The van der Waals surface area contributed by atoms with Gasteiger partial charge in [-0.1, -0.05) is 12.1 Å². The van der Waals surface area contributed by atoms with Gasteiger partial charge in [-0.05, 0) is 42.0 Å². The topological polar surface area (TPSA) is 66.2 Å². The third kappa shape index (κ3) is 4.37. The highest BCUT2D eigenvalue weighted by molar-refractivity contribution is 6.07. The summed E-state index contributed by atoms with van der Waals surface area (Å²) >= 11 is 0. The van der Waals surface area contributed by atoms with E-state index >= 15 is 0 Å². The number of ether oxygens (including phenoxy) is 2. The lowest BCUT2D eigenvalue weighted by Crippen LogP contribution is -2.04. The molecule has 9 heteroatoms. The van der Waals surface area contributed by atoms with Gasteiger partial charge in [-0.15, -0.1) is 0 Å². The molecule has 0 atom stereocenters. The fourth-order valence-corrected chi connectivity index (χ4v) is 2.43. The number of hydrogen-bond donors (Lipinski definition) is 0. The number of hydrogen-bond acceptors (Lipinski definition) is 5. The number of rotatable bonds is 7. The van der Waals surface area contributed by atoms with Crippen molar-refractivity contribution >= 4 is 11.9 Å². The van der Waals surface area contributed by atoms with Crippen molar-refractivity contribution in [2.24, 2.45) is 0 Å². The maximum absolute atomic E-state index is 14.2. The van der Waals surface area contributed by atoms with E-state index in [1.807, 2.05) is 0 Å². The molecule has 3 rings (SSSR count). The second-order valence-electron chi connectivity index (χ2n) is 5.49. The Kier molecular flexibility index (Phi) is 5.73. The highest BCUT2D eigenvalue weighted by atomic mass is 19.3. The first-order chi connectivity index (χ1) is 13.5. The van der Waals surface area contributed by atoms with E-state index in [9.17, 15) is 18.0 Å². The van der Waals surface area contributed by atoms with Crippen molar-refractivity contribution in [3.8, 4) is 17.2 Å². The molecule has 0 saturated carbocycles. The summed E-state index contributed by atoms with van der Waals surface area (Å²) in [5, 5.41) is 3.86. The molecule has 0 aliphatic rings. The van der Waals surface area contributed by atoms with Crippen LogP contribution < -0.4 is 9.47 Å². The molecule has 1 aromatic heterocycles. The molecule has 0 aliphatic heterocycles. The highest BCUT2D eigenvalue weighted by Gasteiger charge is 2.13. The third-order valence-electron chi connectivity index (χ3n) is 3.73. The van der Waals surface area contributed by atoms with Crippen LogP contribution in [-0.4, -0.2) is 34.3 Å². The van der Waals surface area contributed by atoms with E-state index < -0.39 is 18.2 Å². The van der Waals surface area contributed by atoms with E-state index in [1.165, 1.54) is 66.9 Å². The lowest BCUT2D eigenvalue weighted by molar-refractivity contribution is -0.0512. The number of benzene rings is 2. The molecule has 3 aromatic rings. The molecule has 0 radical (unpaired) electrons. The Hall–Kier alpha value is -3.62. The van der Waals surface area contributed by atoms with E-state index in [4.69, 9.17) is 4.74 Å². The minimum Gasteiger partial charge on any atom is -0.493 e. The molecule has 0 spiro atoms. The van der Waals surface area contributed by atoms with Crippen LogP contribution in [0.4, 0.5) is 13.2 Å². The molecule has 0 fully saturated rings. The Balaban J connectivity index is 1.77. The molecule has 1 heterocycles. The van der Waals surface area contributed by atoms with Crippen LogP contribution in [0, 0.1) is 5.82 Å². The smallest absolute Gasteiger partial charge is 0.387 e. The largest absolute Gasteiger partial charge is 0.493 e. The molecule has 144 valence electrons. The Morgan fingerprint density at radius 2 is 2.00 bits per heavy atom. The van der Waals surface area contributed by atoms with Crippen LogP contribution in [0.15, 0.2) is 55.1 Å². The first kappa shape index (κ1) is 19.2. The first-order valence-electron chi connectivity index (χ1n) is 7.97. The lowest BCUT2D eigenvalue weighted by atomic mass is 10.1. The Labute approximate surface area is 157 Å². The van der Waals surface area contributed by atoms with Crippen molar-refractivity contribution in [2.45, 2.75) is 6.61 Å². The summed E-state index contributed by atoms with van der Waals surface area (Å²) in [6.07, 6.45) is 5.34. The van der Waals surface area contributed by atoms with Crippen LogP contribution in [0.2, 0.25) is 0 Å². The van der Waals surface area contributed by atoms with E-state index in [2.05, 4.69) is 14.8 Å². The summed E-state index contributed by atoms with van der Waals surface area (Å²) in [4.78, 5) is 16.1. The van der Waals surface area contributed by atoms with Gasteiger partial charge in [-0.25, -0.2) is 14.1 Å². The first-order valence-corrected chi connectivity index (χ1v) is 7.97. The average Bonchev–Trinajstić information content (AvgIpc) is 3.20. The van der Waals surface area contributed by atoms with Gasteiger partial charge in [-0.3, -0.25) is 4.79 Å². The summed E-state index contributed by atoms with van der Waals surface area (Å²) in [6.45, 7) is -3.01. The number of methoxy groups -OCH3 is 1. The molecule has 28 heavy (non-hydrogen) atoms. The highest BCUT2D eigenvalue weighted by Crippen LogP contribution is 2.29. The van der Waals surface area contributed by atoms with Crippen LogP contribution >= 0.6 is 0 Å². The molecule has 0 N–H and O–H groups in total. The van der Waals surface area contributed by atoms with Crippen molar-refractivity contribution < 1.29 is 27.4 Å². The van der Waals surface area contributed by atoms with E-state index in [1.54, 1.807) is 6.07 Å². The Bertz CT molecular complexity index is 1000. The maximum Gasteiger partial charge on any atom is 0.387 e. The summed E-state index contributed by atoms with van der Waals surface area (Å²) < 4.78 is 49.5. The van der Waals surface area contributed by atoms with E-state index in [0.29, 0.717) is 5.56 Å². The Morgan fingerprint density at radius 1 is 1.18 bits per heavy atom. The van der Waals surface area contributed by atoms with Crippen molar-refractivity contribution in [2.75, 3.05) is 7.11 Å². The predicted molar refractivity (Wildman–Crippen MR) is 94.3 cm³/mol. The van der Waals surface area contributed by atoms with Crippen molar-refractivity contribution in [3.05, 3.63) is 72.1 Å². The van der Waals surface area contributed by atoms with Gasteiger partial charge in [0.1, 0.15) is 24.2 Å². The number of nitrogens with zero attached hydrogens (tertiary/aromatic N) is 3. The second-order valence-corrected chi connectivity index (χ2v) is 5.49. The number of alkyl halides is 2. The normalized spacial score (nSPS) is 11.2. The van der Waals surface area contributed by atoms with E-state index in [-0.39, 0.29) is 22.7 Å².